The van der Waals surface area contributed by atoms with Gasteiger partial charge in [-0.25, -0.2) is 4.79 Å². The Labute approximate surface area is 141 Å². The van der Waals surface area contributed by atoms with E-state index in [1.807, 2.05) is 0 Å². The molecule has 7 nitrogen and oxygen atoms in total. The SMILES string of the molecule is COc1cccc2cc(C(=O)Nc3ccc(C(=O)[O-])cc3)c(=O)oc12. The number of carboxylic acid groups (broad SMARTS) is 1. The fraction of sp³-hybridized carbons (Fsp3) is 0.0556. The van der Waals surface area contributed by atoms with E-state index in [-0.39, 0.29) is 16.7 Å². The average Bonchev–Trinajstić information content (AvgIpc) is 2.61. The second kappa shape index (κ2) is 6.48. The summed E-state index contributed by atoms with van der Waals surface area (Å²) in [7, 11) is 1.45. The minimum Gasteiger partial charge on any atom is -0.545 e. The summed E-state index contributed by atoms with van der Waals surface area (Å²) in [6.45, 7) is 0. The number of ether oxygens (including phenoxy) is 1. The summed E-state index contributed by atoms with van der Waals surface area (Å²) < 4.78 is 10.3. The van der Waals surface area contributed by atoms with Crippen LogP contribution in [0.5, 0.6) is 5.75 Å². The Kier molecular flexibility index (Phi) is 4.21. The third kappa shape index (κ3) is 3.20. The number of aromatic carboxylic acids is 1. The number of carbonyl (C=O) groups is 2. The number of amides is 1. The Balaban J connectivity index is 1.93. The molecule has 0 spiro atoms. The summed E-state index contributed by atoms with van der Waals surface area (Å²) in [4.78, 5) is 35.1. The number of benzene rings is 2. The van der Waals surface area contributed by atoms with Gasteiger partial charge in [0.05, 0.1) is 13.1 Å². The van der Waals surface area contributed by atoms with Crippen LogP contribution >= 0.6 is 0 Å². The molecule has 3 aromatic rings. The van der Waals surface area contributed by atoms with Gasteiger partial charge in [0.15, 0.2) is 11.3 Å². The molecule has 0 bridgehead atoms. The molecular formula is C18H12NO6-. The van der Waals surface area contributed by atoms with Gasteiger partial charge in [-0.3, -0.25) is 4.79 Å². The summed E-state index contributed by atoms with van der Waals surface area (Å²) in [5.41, 5.74) is -0.411. The predicted octanol–water partition coefficient (Wildman–Crippen LogP) is 1.42. The van der Waals surface area contributed by atoms with Crippen molar-refractivity contribution in [3.8, 4) is 5.75 Å². The molecule has 25 heavy (non-hydrogen) atoms. The van der Waals surface area contributed by atoms with E-state index >= 15 is 0 Å². The van der Waals surface area contributed by atoms with E-state index in [0.717, 1.165) is 0 Å². The summed E-state index contributed by atoms with van der Waals surface area (Å²) in [5, 5.41) is 13.8. The van der Waals surface area contributed by atoms with Gasteiger partial charge >= 0.3 is 5.63 Å². The van der Waals surface area contributed by atoms with Crippen LogP contribution in [-0.2, 0) is 0 Å². The van der Waals surface area contributed by atoms with Gasteiger partial charge < -0.3 is 24.4 Å². The van der Waals surface area contributed by atoms with Gasteiger partial charge in [-0.1, -0.05) is 24.3 Å². The van der Waals surface area contributed by atoms with Gasteiger partial charge in [0, 0.05) is 11.1 Å². The maximum absolute atomic E-state index is 12.3. The van der Waals surface area contributed by atoms with Crippen molar-refractivity contribution >= 4 is 28.5 Å². The van der Waals surface area contributed by atoms with Crippen molar-refractivity contribution in [2.24, 2.45) is 0 Å². The maximum Gasteiger partial charge on any atom is 0.349 e. The van der Waals surface area contributed by atoms with Gasteiger partial charge in [-0.2, -0.15) is 0 Å². The second-order valence-corrected chi connectivity index (χ2v) is 5.15. The molecule has 1 amide bonds. The minimum absolute atomic E-state index is 0.0182. The first-order valence-electron chi connectivity index (χ1n) is 7.23. The van der Waals surface area contributed by atoms with Gasteiger partial charge in [0.1, 0.15) is 5.56 Å². The number of fused-ring (bicyclic) bond motifs is 1. The molecule has 0 radical (unpaired) electrons. The maximum atomic E-state index is 12.3. The molecule has 2 aromatic carbocycles. The molecule has 0 saturated carbocycles. The molecule has 0 atom stereocenters. The molecule has 126 valence electrons. The predicted molar refractivity (Wildman–Crippen MR) is 87.8 cm³/mol. The average molecular weight is 338 g/mol. The first-order valence-corrected chi connectivity index (χ1v) is 7.23. The highest BCUT2D eigenvalue weighted by Crippen LogP contribution is 2.24. The van der Waals surface area contributed by atoms with Crippen LogP contribution in [0.15, 0.2) is 57.7 Å². The summed E-state index contributed by atoms with van der Waals surface area (Å²) in [5.74, 6) is -1.60. The molecule has 1 heterocycles. The summed E-state index contributed by atoms with van der Waals surface area (Å²) in [6, 6.07) is 11.8. The zero-order chi connectivity index (χ0) is 18.0. The molecule has 3 rings (SSSR count). The van der Waals surface area contributed by atoms with Gasteiger partial charge in [0.25, 0.3) is 5.91 Å². The number of para-hydroxylation sites is 1. The van der Waals surface area contributed by atoms with Crippen LogP contribution in [0.3, 0.4) is 0 Å². The topological polar surface area (TPSA) is 109 Å². The lowest BCUT2D eigenvalue weighted by Crippen LogP contribution is -2.22. The van der Waals surface area contributed by atoms with Crippen LogP contribution in [-0.4, -0.2) is 19.0 Å². The van der Waals surface area contributed by atoms with E-state index in [1.54, 1.807) is 18.2 Å². The number of anilines is 1. The Morgan fingerprint density at radius 3 is 2.48 bits per heavy atom. The number of carboxylic acids is 1. The quantitative estimate of drug-likeness (QED) is 0.721. The highest BCUT2D eigenvalue weighted by molar-refractivity contribution is 6.05. The van der Waals surface area contributed by atoms with Gasteiger partial charge in [-0.05, 0) is 29.8 Å². The summed E-state index contributed by atoms with van der Waals surface area (Å²) in [6.07, 6.45) is 0. The van der Waals surface area contributed by atoms with Crippen molar-refractivity contribution in [3.63, 3.8) is 0 Å². The van der Waals surface area contributed by atoms with Crippen molar-refractivity contribution < 1.29 is 23.8 Å². The lowest BCUT2D eigenvalue weighted by Gasteiger charge is -2.08. The zero-order valence-corrected chi connectivity index (χ0v) is 13.1. The Morgan fingerprint density at radius 1 is 1.12 bits per heavy atom. The van der Waals surface area contributed by atoms with Crippen molar-refractivity contribution in [3.05, 3.63) is 70.1 Å². The van der Waals surface area contributed by atoms with Crippen LogP contribution in [0.4, 0.5) is 5.69 Å². The van der Waals surface area contributed by atoms with E-state index < -0.39 is 17.5 Å². The van der Waals surface area contributed by atoms with E-state index in [1.165, 1.54) is 37.4 Å². The fourth-order valence-electron chi connectivity index (χ4n) is 2.32. The molecule has 0 fully saturated rings. The molecule has 7 heteroatoms. The van der Waals surface area contributed by atoms with E-state index in [0.29, 0.717) is 16.8 Å². The number of carbonyl (C=O) groups excluding carboxylic acids is 2. The lowest BCUT2D eigenvalue weighted by atomic mass is 10.1. The monoisotopic (exact) mass is 338 g/mol. The second-order valence-electron chi connectivity index (χ2n) is 5.15. The van der Waals surface area contributed by atoms with Gasteiger partial charge in [-0.15, -0.1) is 0 Å². The number of hydrogen-bond donors (Lipinski definition) is 1. The van der Waals surface area contributed by atoms with Crippen molar-refractivity contribution in [2.75, 3.05) is 12.4 Å². The third-order valence-electron chi connectivity index (χ3n) is 3.57. The van der Waals surface area contributed by atoms with Crippen LogP contribution in [0.1, 0.15) is 20.7 Å². The van der Waals surface area contributed by atoms with Crippen molar-refractivity contribution in [1.82, 2.24) is 0 Å². The van der Waals surface area contributed by atoms with Crippen molar-refractivity contribution in [2.45, 2.75) is 0 Å². The molecule has 0 unspecified atom stereocenters. The highest BCUT2D eigenvalue weighted by Gasteiger charge is 2.15. The number of methoxy groups -OCH3 is 1. The Hall–Kier alpha value is -3.61. The number of rotatable bonds is 4. The largest absolute Gasteiger partial charge is 0.545 e. The fourth-order valence-corrected chi connectivity index (χ4v) is 2.32. The Bertz CT molecular complexity index is 1020. The van der Waals surface area contributed by atoms with Crippen LogP contribution in [0.25, 0.3) is 11.0 Å². The molecule has 0 saturated heterocycles. The highest BCUT2D eigenvalue weighted by atomic mass is 16.5. The zero-order valence-electron chi connectivity index (χ0n) is 13.1. The van der Waals surface area contributed by atoms with Crippen LogP contribution < -0.4 is 20.8 Å². The standard InChI is InChI=1S/C18H13NO6/c1-24-14-4-2-3-11-9-13(18(23)25-15(11)14)16(20)19-12-7-5-10(6-8-12)17(21)22/h2-9H,1H3,(H,19,20)(H,21,22)/p-1. The molecule has 0 aliphatic carbocycles. The lowest BCUT2D eigenvalue weighted by molar-refractivity contribution is -0.255. The Morgan fingerprint density at radius 2 is 1.84 bits per heavy atom. The summed E-state index contributed by atoms with van der Waals surface area (Å²) >= 11 is 0. The van der Waals surface area contributed by atoms with E-state index in [4.69, 9.17) is 9.15 Å². The normalized spacial score (nSPS) is 10.4. The van der Waals surface area contributed by atoms with E-state index in [9.17, 15) is 19.5 Å². The minimum atomic E-state index is -1.32. The molecular weight excluding hydrogens is 326 g/mol. The molecule has 1 aromatic heterocycles. The number of hydrogen-bond acceptors (Lipinski definition) is 6. The first kappa shape index (κ1) is 16.3. The smallest absolute Gasteiger partial charge is 0.349 e. The molecule has 0 aliphatic heterocycles. The third-order valence-corrected chi connectivity index (χ3v) is 3.57. The van der Waals surface area contributed by atoms with Crippen LogP contribution in [0.2, 0.25) is 0 Å². The van der Waals surface area contributed by atoms with Crippen molar-refractivity contribution in [1.29, 1.82) is 0 Å². The van der Waals surface area contributed by atoms with E-state index in [2.05, 4.69) is 5.32 Å². The first-order chi connectivity index (χ1) is 12.0. The number of nitrogens with one attached hydrogen (secondary N) is 1. The van der Waals surface area contributed by atoms with Crippen LogP contribution in [0, 0.1) is 0 Å². The van der Waals surface area contributed by atoms with Gasteiger partial charge in [0.2, 0.25) is 0 Å². The molecule has 1 N–H and O–H groups in total. The molecule has 0 aliphatic rings.